The molecule has 1 aliphatic rings. The van der Waals surface area contributed by atoms with E-state index in [1.54, 1.807) is 11.3 Å². The maximum Gasteiger partial charge on any atom is 0.138 e. The molecule has 0 amide bonds. The number of aromatic nitrogens is 2. The SMILES string of the molecule is CCNc1nc(C2CC2(C)C)nc2sc(C)c(C)c12. The van der Waals surface area contributed by atoms with Gasteiger partial charge in [0.25, 0.3) is 0 Å². The molecule has 2 heterocycles. The Hall–Kier alpha value is -1.16. The molecule has 1 saturated carbocycles. The third-order valence-electron chi connectivity index (χ3n) is 4.22. The number of nitrogens with one attached hydrogen (secondary N) is 1. The zero-order valence-electron chi connectivity index (χ0n) is 12.3. The number of fused-ring (bicyclic) bond motifs is 1. The van der Waals surface area contributed by atoms with Gasteiger partial charge in [-0.2, -0.15) is 0 Å². The Bertz CT molecular complexity index is 642. The Morgan fingerprint density at radius 1 is 1.32 bits per heavy atom. The zero-order chi connectivity index (χ0) is 13.8. The molecule has 0 spiro atoms. The van der Waals surface area contributed by atoms with Crippen LogP contribution >= 0.6 is 11.3 Å². The van der Waals surface area contributed by atoms with Gasteiger partial charge in [0.05, 0.1) is 5.39 Å². The number of rotatable bonds is 3. The van der Waals surface area contributed by atoms with E-state index in [0.29, 0.717) is 11.3 Å². The molecule has 102 valence electrons. The summed E-state index contributed by atoms with van der Waals surface area (Å²) in [5, 5.41) is 4.63. The second kappa shape index (κ2) is 4.17. The summed E-state index contributed by atoms with van der Waals surface area (Å²) in [5.74, 6) is 2.57. The van der Waals surface area contributed by atoms with E-state index in [1.165, 1.54) is 22.2 Å². The summed E-state index contributed by atoms with van der Waals surface area (Å²) in [6, 6.07) is 0. The van der Waals surface area contributed by atoms with Crippen LogP contribution < -0.4 is 5.32 Å². The summed E-state index contributed by atoms with van der Waals surface area (Å²) in [4.78, 5) is 12.1. The van der Waals surface area contributed by atoms with Crippen molar-refractivity contribution in [2.45, 2.75) is 47.0 Å². The fraction of sp³-hybridized carbons (Fsp3) is 0.600. The minimum Gasteiger partial charge on any atom is -0.370 e. The number of aryl methyl sites for hydroxylation is 2. The normalized spacial score (nSPS) is 20.8. The monoisotopic (exact) mass is 275 g/mol. The van der Waals surface area contributed by atoms with Crippen molar-refractivity contribution in [1.82, 2.24) is 9.97 Å². The van der Waals surface area contributed by atoms with Crippen LogP contribution in [0, 0.1) is 19.3 Å². The first-order valence-corrected chi connectivity index (χ1v) is 7.77. The molecule has 0 aliphatic heterocycles. The second-order valence-electron chi connectivity index (χ2n) is 6.17. The maximum absolute atomic E-state index is 4.82. The summed E-state index contributed by atoms with van der Waals surface area (Å²) in [6.07, 6.45) is 1.20. The standard InChI is InChI=1S/C15H21N3S/c1-6-16-13-11-8(2)9(3)19-14(11)18-12(17-13)10-7-15(10,4)5/h10H,6-7H2,1-5H3,(H,16,17,18). The van der Waals surface area contributed by atoms with Crippen LogP contribution in [0.1, 0.15) is 49.4 Å². The summed E-state index contributed by atoms with van der Waals surface area (Å²) in [7, 11) is 0. The molecule has 1 N–H and O–H groups in total. The van der Waals surface area contributed by atoms with Crippen molar-refractivity contribution in [2.75, 3.05) is 11.9 Å². The molecular formula is C15H21N3S. The van der Waals surface area contributed by atoms with Gasteiger partial charge in [-0.1, -0.05) is 13.8 Å². The highest BCUT2D eigenvalue weighted by Crippen LogP contribution is 2.58. The van der Waals surface area contributed by atoms with Crippen LogP contribution in [0.3, 0.4) is 0 Å². The Morgan fingerprint density at radius 3 is 2.58 bits per heavy atom. The third kappa shape index (κ3) is 2.02. The van der Waals surface area contributed by atoms with Crippen molar-refractivity contribution in [2.24, 2.45) is 5.41 Å². The first kappa shape index (κ1) is 12.9. The largest absolute Gasteiger partial charge is 0.370 e. The van der Waals surface area contributed by atoms with Gasteiger partial charge in [-0.3, -0.25) is 0 Å². The average Bonchev–Trinajstić information content (AvgIpc) is 2.87. The molecule has 0 aromatic carbocycles. The predicted octanol–water partition coefficient (Wildman–Crippen LogP) is 4.25. The molecule has 1 unspecified atom stereocenters. The second-order valence-corrected chi connectivity index (χ2v) is 7.37. The van der Waals surface area contributed by atoms with Gasteiger partial charge in [0, 0.05) is 17.3 Å². The molecule has 19 heavy (non-hydrogen) atoms. The molecule has 1 atom stereocenters. The Balaban J connectivity index is 2.17. The Labute approximate surface area is 118 Å². The van der Waals surface area contributed by atoms with Gasteiger partial charge in [0.15, 0.2) is 0 Å². The van der Waals surface area contributed by atoms with E-state index >= 15 is 0 Å². The molecule has 3 nitrogen and oxygen atoms in total. The van der Waals surface area contributed by atoms with Crippen molar-refractivity contribution in [3.05, 3.63) is 16.3 Å². The van der Waals surface area contributed by atoms with E-state index in [1.807, 2.05) is 0 Å². The minimum atomic E-state index is 0.374. The van der Waals surface area contributed by atoms with Gasteiger partial charge >= 0.3 is 0 Å². The van der Waals surface area contributed by atoms with Crippen molar-refractivity contribution >= 4 is 27.4 Å². The molecule has 0 bridgehead atoms. The van der Waals surface area contributed by atoms with Crippen LogP contribution in [-0.4, -0.2) is 16.5 Å². The van der Waals surface area contributed by atoms with Gasteiger partial charge in [-0.15, -0.1) is 11.3 Å². The minimum absolute atomic E-state index is 0.374. The van der Waals surface area contributed by atoms with Crippen LogP contribution in [0.4, 0.5) is 5.82 Å². The van der Waals surface area contributed by atoms with Gasteiger partial charge in [0.1, 0.15) is 16.5 Å². The lowest BCUT2D eigenvalue weighted by molar-refractivity contribution is 0.610. The number of thiophene rings is 1. The fourth-order valence-electron chi connectivity index (χ4n) is 2.63. The molecular weight excluding hydrogens is 254 g/mol. The number of anilines is 1. The highest BCUT2D eigenvalue weighted by Gasteiger charge is 2.48. The quantitative estimate of drug-likeness (QED) is 0.909. The van der Waals surface area contributed by atoms with E-state index in [4.69, 9.17) is 9.97 Å². The lowest BCUT2D eigenvalue weighted by Gasteiger charge is -2.09. The lowest BCUT2D eigenvalue weighted by atomic mass is 10.1. The number of nitrogens with zero attached hydrogens (tertiary/aromatic N) is 2. The number of hydrogen-bond donors (Lipinski definition) is 1. The van der Waals surface area contributed by atoms with Gasteiger partial charge < -0.3 is 5.32 Å². The summed E-state index contributed by atoms with van der Waals surface area (Å²) in [5.41, 5.74) is 1.69. The highest BCUT2D eigenvalue weighted by molar-refractivity contribution is 7.18. The number of hydrogen-bond acceptors (Lipinski definition) is 4. The third-order valence-corrected chi connectivity index (χ3v) is 5.32. The molecule has 3 rings (SSSR count). The van der Waals surface area contributed by atoms with Gasteiger partial charge in [-0.05, 0) is 38.2 Å². The van der Waals surface area contributed by atoms with Crippen LogP contribution in [0.5, 0.6) is 0 Å². The van der Waals surface area contributed by atoms with Crippen molar-refractivity contribution < 1.29 is 0 Å². The fourth-order valence-corrected chi connectivity index (χ4v) is 3.66. The van der Waals surface area contributed by atoms with E-state index in [0.717, 1.165) is 23.0 Å². The molecule has 0 radical (unpaired) electrons. The van der Waals surface area contributed by atoms with Crippen LogP contribution in [-0.2, 0) is 0 Å². The van der Waals surface area contributed by atoms with Crippen molar-refractivity contribution in [3.63, 3.8) is 0 Å². The first-order chi connectivity index (χ1) is 8.94. The summed E-state index contributed by atoms with van der Waals surface area (Å²) < 4.78 is 0. The van der Waals surface area contributed by atoms with Crippen LogP contribution in [0.15, 0.2) is 0 Å². The van der Waals surface area contributed by atoms with E-state index in [9.17, 15) is 0 Å². The predicted molar refractivity (Wildman–Crippen MR) is 82.2 cm³/mol. The van der Waals surface area contributed by atoms with Gasteiger partial charge in [-0.25, -0.2) is 9.97 Å². The van der Waals surface area contributed by atoms with Gasteiger partial charge in [0.2, 0.25) is 0 Å². The zero-order valence-corrected chi connectivity index (χ0v) is 13.1. The molecule has 4 heteroatoms. The maximum atomic E-state index is 4.82. The van der Waals surface area contributed by atoms with E-state index in [2.05, 4.69) is 39.9 Å². The molecule has 0 saturated heterocycles. The van der Waals surface area contributed by atoms with Crippen LogP contribution in [0.25, 0.3) is 10.2 Å². The lowest BCUT2D eigenvalue weighted by Crippen LogP contribution is -2.05. The topological polar surface area (TPSA) is 37.8 Å². The first-order valence-electron chi connectivity index (χ1n) is 6.95. The summed E-state index contributed by atoms with van der Waals surface area (Å²) >= 11 is 1.79. The van der Waals surface area contributed by atoms with E-state index < -0.39 is 0 Å². The van der Waals surface area contributed by atoms with E-state index in [-0.39, 0.29) is 0 Å². The summed E-state index contributed by atoms with van der Waals surface area (Å²) in [6.45, 7) is 11.9. The smallest absolute Gasteiger partial charge is 0.138 e. The Morgan fingerprint density at radius 2 is 2.00 bits per heavy atom. The molecule has 1 aliphatic carbocycles. The molecule has 2 aromatic heterocycles. The average molecular weight is 275 g/mol. The molecule has 2 aromatic rings. The highest BCUT2D eigenvalue weighted by atomic mass is 32.1. The Kier molecular flexibility index (Phi) is 2.82. The van der Waals surface area contributed by atoms with Crippen molar-refractivity contribution in [1.29, 1.82) is 0 Å². The molecule has 1 fully saturated rings. The van der Waals surface area contributed by atoms with Crippen LogP contribution in [0.2, 0.25) is 0 Å². The van der Waals surface area contributed by atoms with Crippen molar-refractivity contribution in [3.8, 4) is 0 Å².